The summed E-state index contributed by atoms with van der Waals surface area (Å²) < 4.78 is 5.49. The quantitative estimate of drug-likeness (QED) is 0.701. The smallest absolute Gasteiger partial charge is 0.137 e. The highest BCUT2D eigenvalue weighted by Gasteiger charge is 2.12. The normalized spacial score (nSPS) is 12.8. The molecular formula is C13H22NO2+. The van der Waals surface area contributed by atoms with E-state index >= 15 is 0 Å². The molecule has 0 bridgehead atoms. The van der Waals surface area contributed by atoms with Gasteiger partial charge in [-0.2, -0.15) is 0 Å². The molecule has 1 rings (SSSR count). The predicted octanol–water partition coefficient (Wildman–Crippen LogP) is 0.351. The van der Waals surface area contributed by atoms with Crippen LogP contribution in [0.25, 0.3) is 0 Å². The van der Waals surface area contributed by atoms with E-state index in [0.29, 0.717) is 6.61 Å². The van der Waals surface area contributed by atoms with Crippen LogP contribution in [0.15, 0.2) is 30.3 Å². The van der Waals surface area contributed by atoms with Gasteiger partial charge in [0, 0.05) is 0 Å². The van der Waals surface area contributed by atoms with Gasteiger partial charge < -0.3 is 14.7 Å². The number of hydrogen-bond donors (Lipinski definition) is 2. The molecule has 3 nitrogen and oxygen atoms in total. The van der Waals surface area contributed by atoms with Crippen LogP contribution in [-0.4, -0.2) is 37.5 Å². The average Bonchev–Trinajstić information content (AvgIpc) is 2.34. The Hall–Kier alpha value is -1.06. The number of rotatable bonds is 7. The highest BCUT2D eigenvalue weighted by molar-refractivity contribution is 5.20. The monoisotopic (exact) mass is 224 g/mol. The van der Waals surface area contributed by atoms with Crippen LogP contribution in [0.4, 0.5) is 0 Å². The van der Waals surface area contributed by atoms with Gasteiger partial charge in [-0.15, -0.1) is 0 Å². The van der Waals surface area contributed by atoms with Gasteiger partial charge >= 0.3 is 0 Å². The molecule has 0 fully saturated rings. The number of aliphatic hydroxyl groups excluding tert-OH is 1. The zero-order valence-corrected chi connectivity index (χ0v) is 10.1. The van der Waals surface area contributed by atoms with Crippen molar-refractivity contribution in [3.63, 3.8) is 0 Å². The molecule has 0 saturated carbocycles. The first-order valence-electron chi connectivity index (χ1n) is 5.95. The maximum absolute atomic E-state index is 9.80. The van der Waals surface area contributed by atoms with E-state index in [9.17, 15) is 5.11 Å². The van der Waals surface area contributed by atoms with Crippen LogP contribution >= 0.6 is 0 Å². The van der Waals surface area contributed by atoms with Crippen molar-refractivity contribution in [2.75, 3.05) is 26.2 Å². The van der Waals surface area contributed by atoms with Crippen LogP contribution in [0.5, 0.6) is 5.75 Å². The molecule has 0 heterocycles. The Kier molecular flexibility index (Phi) is 5.90. The summed E-state index contributed by atoms with van der Waals surface area (Å²) in [5.41, 5.74) is 0. The van der Waals surface area contributed by atoms with Crippen molar-refractivity contribution in [3.8, 4) is 5.75 Å². The first kappa shape index (κ1) is 13.0. The van der Waals surface area contributed by atoms with E-state index in [4.69, 9.17) is 4.74 Å². The molecule has 0 saturated heterocycles. The van der Waals surface area contributed by atoms with Crippen LogP contribution in [0, 0.1) is 0 Å². The Morgan fingerprint density at radius 3 is 2.38 bits per heavy atom. The van der Waals surface area contributed by atoms with Crippen LogP contribution in [0.1, 0.15) is 13.8 Å². The summed E-state index contributed by atoms with van der Waals surface area (Å²) in [4.78, 5) is 1.39. The molecule has 3 heteroatoms. The Morgan fingerprint density at radius 2 is 1.81 bits per heavy atom. The fourth-order valence-corrected chi connectivity index (χ4v) is 1.64. The fraction of sp³-hybridized carbons (Fsp3) is 0.538. The van der Waals surface area contributed by atoms with Crippen molar-refractivity contribution in [1.82, 2.24) is 0 Å². The van der Waals surface area contributed by atoms with Gasteiger partial charge in [0.1, 0.15) is 25.0 Å². The molecular weight excluding hydrogens is 202 g/mol. The SMILES string of the molecule is CC[NH+](CC)C[C@H](O)COc1ccccc1. The summed E-state index contributed by atoms with van der Waals surface area (Å²) in [6.07, 6.45) is -0.393. The molecule has 1 aromatic carbocycles. The number of likely N-dealkylation sites (N-methyl/N-ethyl adjacent to an activating group) is 1. The number of quaternary nitrogens is 1. The highest BCUT2D eigenvalue weighted by atomic mass is 16.5. The first-order valence-corrected chi connectivity index (χ1v) is 5.95. The lowest BCUT2D eigenvalue weighted by Gasteiger charge is -2.19. The number of para-hydroxylation sites is 1. The Labute approximate surface area is 97.7 Å². The van der Waals surface area contributed by atoms with Crippen molar-refractivity contribution < 1.29 is 14.7 Å². The molecule has 0 aliphatic carbocycles. The van der Waals surface area contributed by atoms with Crippen molar-refractivity contribution in [3.05, 3.63) is 30.3 Å². The molecule has 16 heavy (non-hydrogen) atoms. The molecule has 0 amide bonds. The Balaban J connectivity index is 2.27. The van der Waals surface area contributed by atoms with E-state index in [1.54, 1.807) is 0 Å². The maximum Gasteiger partial charge on any atom is 0.137 e. The highest BCUT2D eigenvalue weighted by Crippen LogP contribution is 2.08. The third-order valence-corrected chi connectivity index (χ3v) is 2.71. The second-order valence-electron chi connectivity index (χ2n) is 3.94. The molecule has 0 aliphatic rings. The summed E-state index contributed by atoms with van der Waals surface area (Å²) in [6.45, 7) is 7.46. The van der Waals surface area contributed by atoms with Gasteiger partial charge in [-0.25, -0.2) is 0 Å². The van der Waals surface area contributed by atoms with Crippen LogP contribution in [-0.2, 0) is 0 Å². The minimum atomic E-state index is -0.393. The van der Waals surface area contributed by atoms with Gasteiger partial charge in [0.15, 0.2) is 0 Å². The average molecular weight is 224 g/mol. The van der Waals surface area contributed by atoms with E-state index in [-0.39, 0.29) is 0 Å². The molecule has 90 valence electrons. The van der Waals surface area contributed by atoms with Gasteiger partial charge in [0.2, 0.25) is 0 Å². The molecule has 0 aromatic heterocycles. The molecule has 2 N–H and O–H groups in total. The number of aliphatic hydroxyl groups is 1. The zero-order chi connectivity index (χ0) is 11.8. The van der Waals surface area contributed by atoms with Gasteiger partial charge in [0.05, 0.1) is 13.1 Å². The zero-order valence-electron chi connectivity index (χ0n) is 10.1. The summed E-state index contributed by atoms with van der Waals surface area (Å²) >= 11 is 0. The third-order valence-electron chi connectivity index (χ3n) is 2.71. The number of nitrogens with one attached hydrogen (secondary N) is 1. The van der Waals surface area contributed by atoms with E-state index in [0.717, 1.165) is 25.4 Å². The molecule has 1 aromatic rings. The van der Waals surface area contributed by atoms with E-state index in [1.165, 1.54) is 4.90 Å². The second kappa shape index (κ2) is 7.25. The largest absolute Gasteiger partial charge is 0.491 e. The van der Waals surface area contributed by atoms with Crippen LogP contribution < -0.4 is 9.64 Å². The van der Waals surface area contributed by atoms with E-state index in [2.05, 4.69) is 13.8 Å². The number of benzene rings is 1. The lowest BCUT2D eigenvalue weighted by molar-refractivity contribution is -0.899. The first-order chi connectivity index (χ1) is 7.76. The van der Waals surface area contributed by atoms with Gasteiger partial charge in [-0.3, -0.25) is 0 Å². The molecule has 0 aliphatic heterocycles. The second-order valence-corrected chi connectivity index (χ2v) is 3.94. The number of hydrogen-bond acceptors (Lipinski definition) is 2. The molecule has 0 radical (unpaired) electrons. The van der Waals surface area contributed by atoms with Gasteiger partial charge in [0.25, 0.3) is 0 Å². The summed E-state index contributed by atoms with van der Waals surface area (Å²) in [6, 6.07) is 9.60. The number of ether oxygens (including phenoxy) is 1. The van der Waals surface area contributed by atoms with Crippen LogP contribution in [0.3, 0.4) is 0 Å². The lowest BCUT2D eigenvalue weighted by Crippen LogP contribution is -3.12. The van der Waals surface area contributed by atoms with E-state index in [1.807, 2.05) is 30.3 Å². The third kappa shape index (κ3) is 4.64. The van der Waals surface area contributed by atoms with Crippen LogP contribution in [0.2, 0.25) is 0 Å². The summed E-state index contributed by atoms with van der Waals surface area (Å²) in [5, 5.41) is 9.80. The maximum atomic E-state index is 9.80. The topological polar surface area (TPSA) is 33.9 Å². The van der Waals surface area contributed by atoms with Gasteiger partial charge in [-0.1, -0.05) is 18.2 Å². The summed E-state index contributed by atoms with van der Waals surface area (Å²) in [5.74, 6) is 0.816. The minimum absolute atomic E-state index is 0.369. The van der Waals surface area contributed by atoms with Gasteiger partial charge in [-0.05, 0) is 26.0 Å². The Morgan fingerprint density at radius 1 is 1.19 bits per heavy atom. The molecule has 0 spiro atoms. The van der Waals surface area contributed by atoms with E-state index < -0.39 is 6.10 Å². The van der Waals surface area contributed by atoms with Crippen molar-refractivity contribution in [1.29, 1.82) is 0 Å². The lowest BCUT2D eigenvalue weighted by atomic mass is 10.3. The fourth-order valence-electron chi connectivity index (χ4n) is 1.64. The minimum Gasteiger partial charge on any atom is -0.491 e. The standard InChI is InChI=1S/C13H21NO2/c1-3-14(4-2)10-12(15)11-16-13-8-6-5-7-9-13/h5-9,12,15H,3-4,10-11H2,1-2H3/p+1/t12-/m0/s1. The Bertz CT molecular complexity index is 273. The van der Waals surface area contributed by atoms with Crippen molar-refractivity contribution in [2.24, 2.45) is 0 Å². The summed E-state index contributed by atoms with van der Waals surface area (Å²) in [7, 11) is 0. The molecule has 1 atom stereocenters. The predicted molar refractivity (Wildman–Crippen MR) is 64.9 cm³/mol. The van der Waals surface area contributed by atoms with Crippen molar-refractivity contribution >= 4 is 0 Å². The molecule has 0 unspecified atom stereocenters. The van der Waals surface area contributed by atoms with Crippen molar-refractivity contribution in [2.45, 2.75) is 20.0 Å².